The van der Waals surface area contributed by atoms with E-state index in [2.05, 4.69) is 157 Å². The van der Waals surface area contributed by atoms with E-state index in [-0.39, 0.29) is 0 Å². The van der Waals surface area contributed by atoms with Gasteiger partial charge in [-0.1, -0.05) is 140 Å². The Morgan fingerprint density at radius 1 is 0.351 bits per heavy atom. The Bertz CT molecular complexity index is 3170. The van der Waals surface area contributed by atoms with Gasteiger partial charge in [-0.25, -0.2) is 9.97 Å². The number of fused-ring (bicyclic) bond motifs is 6. The van der Waals surface area contributed by atoms with E-state index in [0.29, 0.717) is 11.4 Å². The van der Waals surface area contributed by atoms with Gasteiger partial charge in [-0.05, 0) is 82.9 Å². The van der Waals surface area contributed by atoms with E-state index in [4.69, 9.17) is 18.8 Å². The second-order valence-electron chi connectivity index (χ2n) is 14.1. The summed E-state index contributed by atoms with van der Waals surface area (Å²) < 4.78 is 13.2. The van der Waals surface area contributed by atoms with Crippen molar-refractivity contribution in [3.8, 4) is 44.9 Å². The lowest BCUT2D eigenvalue weighted by atomic mass is 9.96. The Kier molecular flexibility index (Phi) is 7.74. The molecule has 3 aromatic heterocycles. The van der Waals surface area contributed by atoms with Gasteiger partial charge in [0.05, 0.1) is 5.56 Å². The van der Waals surface area contributed by atoms with Crippen molar-refractivity contribution in [2.75, 3.05) is 4.90 Å². The Hall–Kier alpha value is -7.76. The number of furan rings is 2. The molecule has 0 amide bonds. The molecule has 0 bridgehead atoms. The summed E-state index contributed by atoms with van der Waals surface area (Å²) in [6.07, 6.45) is 0. The molecule has 11 rings (SSSR count). The lowest BCUT2D eigenvalue weighted by Crippen LogP contribution is -2.09. The van der Waals surface area contributed by atoms with Gasteiger partial charge in [-0.15, -0.1) is 0 Å². The zero-order chi connectivity index (χ0) is 37.7. The minimum atomic E-state index is 0.573. The molecule has 0 fully saturated rings. The highest BCUT2D eigenvalue weighted by Crippen LogP contribution is 2.44. The molecule has 0 radical (unpaired) electrons. The van der Waals surface area contributed by atoms with Crippen LogP contribution in [0.1, 0.15) is 0 Å². The van der Waals surface area contributed by atoms with Crippen LogP contribution in [0.15, 0.2) is 209 Å². The predicted octanol–water partition coefficient (Wildman–Crippen LogP) is 14.4. The smallest absolute Gasteiger partial charge is 0.180 e. The average molecular weight is 732 g/mol. The first-order chi connectivity index (χ1) is 28.3. The monoisotopic (exact) mass is 731 g/mol. The normalized spacial score (nSPS) is 11.5. The molecule has 0 N–H and O–H groups in total. The van der Waals surface area contributed by atoms with Crippen molar-refractivity contribution >= 4 is 61.1 Å². The lowest BCUT2D eigenvalue weighted by Gasteiger charge is -2.25. The molecule has 0 aliphatic heterocycles. The molecule has 3 heterocycles. The van der Waals surface area contributed by atoms with Crippen LogP contribution in [0, 0.1) is 0 Å². The highest BCUT2D eigenvalue weighted by Gasteiger charge is 2.23. The van der Waals surface area contributed by atoms with Crippen LogP contribution in [0.3, 0.4) is 0 Å². The van der Waals surface area contributed by atoms with Crippen molar-refractivity contribution in [3.05, 3.63) is 200 Å². The minimum absolute atomic E-state index is 0.573. The molecule has 57 heavy (non-hydrogen) atoms. The minimum Gasteiger partial charge on any atom is -0.455 e. The zero-order valence-electron chi connectivity index (χ0n) is 30.7. The first-order valence-corrected chi connectivity index (χ1v) is 19.1. The summed E-state index contributed by atoms with van der Waals surface area (Å²) >= 11 is 0. The number of anilines is 3. The Morgan fingerprint density at radius 3 is 1.53 bits per heavy atom. The molecule has 11 aromatic rings. The summed E-state index contributed by atoms with van der Waals surface area (Å²) in [5.74, 6) is 0.573. The number of aromatic nitrogens is 2. The van der Waals surface area contributed by atoms with Gasteiger partial charge in [0.15, 0.2) is 11.4 Å². The molecule has 0 saturated carbocycles. The highest BCUT2D eigenvalue weighted by molar-refractivity contribution is 6.16. The van der Waals surface area contributed by atoms with E-state index in [1.54, 1.807) is 0 Å². The quantitative estimate of drug-likeness (QED) is 0.163. The van der Waals surface area contributed by atoms with Crippen LogP contribution in [-0.2, 0) is 0 Å². The number of para-hydroxylation sites is 4. The Balaban J connectivity index is 1.07. The summed E-state index contributed by atoms with van der Waals surface area (Å²) in [4.78, 5) is 12.8. The highest BCUT2D eigenvalue weighted by atomic mass is 16.3. The first kappa shape index (κ1) is 32.7. The van der Waals surface area contributed by atoms with E-state index in [1.807, 2.05) is 48.5 Å². The molecule has 0 atom stereocenters. The Morgan fingerprint density at radius 2 is 0.842 bits per heavy atom. The maximum Gasteiger partial charge on any atom is 0.180 e. The average Bonchev–Trinajstić information content (AvgIpc) is 3.87. The molecular weight excluding hydrogens is 699 g/mol. The van der Waals surface area contributed by atoms with Gasteiger partial charge in [-0.2, -0.15) is 0 Å². The van der Waals surface area contributed by atoms with Gasteiger partial charge in [0.25, 0.3) is 0 Å². The topological polar surface area (TPSA) is 55.3 Å². The van der Waals surface area contributed by atoms with Crippen molar-refractivity contribution in [1.82, 2.24) is 9.97 Å². The SMILES string of the molecule is c1ccc(-c2ccc(-c3nc(-c4ccc(-c5ccc(N(c6ccccc6)c6ccccc6)cc5)c5c4oc4ccccc45)nc4c3oc3ccccc34)cc2)cc1. The molecule has 0 spiro atoms. The summed E-state index contributed by atoms with van der Waals surface area (Å²) in [7, 11) is 0. The van der Waals surface area contributed by atoms with E-state index >= 15 is 0 Å². The maximum atomic E-state index is 6.76. The van der Waals surface area contributed by atoms with Crippen LogP contribution < -0.4 is 4.90 Å². The molecule has 5 nitrogen and oxygen atoms in total. The summed E-state index contributed by atoms with van der Waals surface area (Å²) in [6, 6.07) is 69.1. The molecule has 8 aromatic carbocycles. The predicted molar refractivity (Wildman–Crippen MR) is 233 cm³/mol. The third-order valence-electron chi connectivity index (χ3n) is 10.7. The second kappa shape index (κ2) is 13.5. The number of rotatable bonds is 7. The molecule has 0 unspecified atom stereocenters. The summed E-state index contributed by atoms with van der Waals surface area (Å²) in [5.41, 5.74) is 13.9. The van der Waals surface area contributed by atoms with Crippen molar-refractivity contribution < 1.29 is 8.83 Å². The molecule has 268 valence electrons. The van der Waals surface area contributed by atoms with Crippen LogP contribution in [0.25, 0.3) is 88.9 Å². The summed E-state index contributed by atoms with van der Waals surface area (Å²) in [6.45, 7) is 0. The van der Waals surface area contributed by atoms with Gasteiger partial charge < -0.3 is 13.7 Å². The van der Waals surface area contributed by atoms with E-state index in [1.165, 1.54) is 0 Å². The molecule has 5 heteroatoms. The summed E-state index contributed by atoms with van der Waals surface area (Å²) in [5, 5.41) is 3.00. The van der Waals surface area contributed by atoms with Gasteiger partial charge >= 0.3 is 0 Å². The van der Waals surface area contributed by atoms with Crippen LogP contribution >= 0.6 is 0 Å². The number of hydrogen-bond acceptors (Lipinski definition) is 5. The largest absolute Gasteiger partial charge is 0.455 e. The lowest BCUT2D eigenvalue weighted by molar-refractivity contribution is 0.666. The van der Waals surface area contributed by atoms with Crippen LogP contribution in [0.5, 0.6) is 0 Å². The van der Waals surface area contributed by atoms with Crippen molar-refractivity contribution in [1.29, 1.82) is 0 Å². The fourth-order valence-corrected chi connectivity index (χ4v) is 7.99. The molecular formula is C52H33N3O2. The van der Waals surface area contributed by atoms with Crippen LogP contribution in [0.4, 0.5) is 17.1 Å². The first-order valence-electron chi connectivity index (χ1n) is 19.1. The van der Waals surface area contributed by atoms with E-state index < -0.39 is 0 Å². The van der Waals surface area contributed by atoms with Gasteiger partial charge in [-0.3, -0.25) is 0 Å². The standard InChI is InChI=1S/C52H33N3O2/c1-4-14-34(15-5-1)35-24-26-37(27-25-35)48-51-49(43-21-11-13-23-46(43)57-51)54-52(53-48)44-33-32-41(47-42-20-10-12-22-45(42)56-50(44)47)36-28-30-40(31-29-36)55(38-16-6-2-7-17-38)39-18-8-3-9-19-39/h1-33H. The van der Waals surface area contributed by atoms with Gasteiger partial charge in [0, 0.05) is 38.8 Å². The molecule has 0 saturated heterocycles. The Labute approximate surface area is 328 Å². The van der Waals surface area contributed by atoms with Crippen molar-refractivity contribution in [2.24, 2.45) is 0 Å². The number of hydrogen-bond donors (Lipinski definition) is 0. The molecule has 0 aliphatic carbocycles. The number of nitrogens with zero attached hydrogens (tertiary/aromatic N) is 3. The van der Waals surface area contributed by atoms with Crippen LogP contribution in [-0.4, -0.2) is 9.97 Å². The third-order valence-corrected chi connectivity index (χ3v) is 10.7. The fraction of sp³-hybridized carbons (Fsp3) is 0. The second-order valence-corrected chi connectivity index (χ2v) is 14.1. The van der Waals surface area contributed by atoms with Crippen LogP contribution in [0.2, 0.25) is 0 Å². The van der Waals surface area contributed by atoms with Crippen molar-refractivity contribution in [2.45, 2.75) is 0 Å². The zero-order valence-corrected chi connectivity index (χ0v) is 30.7. The maximum absolute atomic E-state index is 6.76. The van der Waals surface area contributed by atoms with Gasteiger partial charge in [0.2, 0.25) is 0 Å². The van der Waals surface area contributed by atoms with Crippen molar-refractivity contribution in [3.63, 3.8) is 0 Å². The van der Waals surface area contributed by atoms with E-state index in [9.17, 15) is 0 Å². The third kappa shape index (κ3) is 5.64. The number of benzene rings is 8. The van der Waals surface area contributed by atoms with Gasteiger partial charge in [0.1, 0.15) is 28.0 Å². The fourth-order valence-electron chi connectivity index (χ4n) is 7.99. The molecule has 0 aliphatic rings. The van der Waals surface area contributed by atoms with E-state index in [0.717, 1.165) is 94.6 Å².